The summed E-state index contributed by atoms with van der Waals surface area (Å²) in [5.74, 6) is -0.139. The predicted molar refractivity (Wildman–Crippen MR) is 104 cm³/mol. The largest absolute Gasteiger partial charge is 0.375 e. The third kappa shape index (κ3) is 3.60. The summed E-state index contributed by atoms with van der Waals surface area (Å²) in [7, 11) is 2.16. The molecule has 7 heteroatoms. The van der Waals surface area contributed by atoms with E-state index < -0.39 is 0 Å². The zero-order valence-electron chi connectivity index (χ0n) is 15.2. The number of anilines is 2. The van der Waals surface area contributed by atoms with Crippen LogP contribution in [-0.4, -0.2) is 55.6 Å². The molecule has 1 fully saturated rings. The van der Waals surface area contributed by atoms with Crippen molar-refractivity contribution in [3.63, 3.8) is 0 Å². The molecule has 1 amide bonds. The third-order valence-corrected chi connectivity index (χ3v) is 6.09. The maximum absolute atomic E-state index is 12.6. The molecule has 1 N–H and O–H groups in total. The van der Waals surface area contributed by atoms with Gasteiger partial charge in [0.15, 0.2) is 5.01 Å². The molecule has 0 aliphatic carbocycles. The molecule has 0 radical (unpaired) electrons. The Morgan fingerprint density at radius 1 is 1.27 bits per heavy atom. The Bertz CT molecular complexity index is 788. The zero-order chi connectivity index (χ0) is 18.1. The Balaban J connectivity index is 1.46. The van der Waals surface area contributed by atoms with Crippen LogP contribution in [0.3, 0.4) is 0 Å². The Kier molecular flexibility index (Phi) is 4.93. The van der Waals surface area contributed by atoms with E-state index in [1.807, 2.05) is 13.0 Å². The number of hydrogen-bond donors (Lipinski definition) is 1. The maximum atomic E-state index is 12.6. The molecule has 2 aromatic rings. The summed E-state index contributed by atoms with van der Waals surface area (Å²) in [4.78, 5) is 22.9. The number of likely N-dealkylation sites (N-methyl/N-ethyl adjacent to an activating group) is 1. The number of carbonyl (C=O) groups excluding carboxylic acids is 1. The Morgan fingerprint density at radius 2 is 2.08 bits per heavy atom. The van der Waals surface area contributed by atoms with Crippen molar-refractivity contribution in [2.45, 2.75) is 20.0 Å². The Morgan fingerprint density at radius 3 is 2.81 bits per heavy atom. The summed E-state index contributed by atoms with van der Waals surface area (Å²) in [6.07, 6.45) is 0.790. The quantitative estimate of drug-likeness (QED) is 0.897. The highest BCUT2D eigenvalue weighted by Crippen LogP contribution is 2.27. The molecule has 0 atom stereocenters. The molecule has 1 aromatic carbocycles. The van der Waals surface area contributed by atoms with Gasteiger partial charge in [-0.3, -0.25) is 4.79 Å². The summed E-state index contributed by atoms with van der Waals surface area (Å²) < 4.78 is 5.43. The van der Waals surface area contributed by atoms with Crippen molar-refractivity contribution in [3.05, 3.63) is 39.3 Å². The minimum absolute atomic E-state index is 0.139. The zero-order valence-corrected chi connectivity index (χ0v) is 16.1. The van der Waals surface area contributed by atoms with Crippen molar-refractivity contribution in [1.29, 1.82) is 0 Å². The van der Waals surface area contributed by atoms with E-state index >= 15 is 0 Å². The van der Waals surface area contributed by atoms with Crippen LogP contribution in [0.15, 0.2) is 18.2 Å². The molecule has 2 aliphatic heterocycles. The number of hydrogen-bond acceptors (Lipinski definition) is 6. The van der Waals surface area contributed by atoms with Gasteiger partial charge in [0.05, 0.1) is 23.8 Å². The van der Waals surface area contributed by atoms with Crippen LogP contribution in [0.5, 0.6) is 0 Å². The van der Waals surface area contributed by atoms with Gasteiger partial charge in [0.2, 0.25) is 0 Å². The van der Waals surface area contributed by atoms with E-state index in [1.54, 1.807) is 0 Å². The average molecular weight is 372 g/mol. The van der Waals surface area contributed by atoms with Crippen LogP contribution in [0.1, 0.15) is 25.9 Å². The molecule has 138 valence electrons. The van der Waals surface area contributed by atoms with Crippen LogP contribution >= 0.6 is 11.3 Å². The number of piperazine rings is 1. The molecule has 6 nitrogen and oxygen atoms in total. The fraction of sp³-hybridized carbons (Fsp3) is 0.474. The minimum Gasteiger partial charge on any atom is -0.375 e. The normalized spacial score (nSPS) is 17.8. The summed E-state index contributed by atoms with van der Waals surface area (Å²) in [6, 6.07) is 6.24. The molecule has 0 unspecified atom stereocenters. The van der Waals surface area contributed by atoms with Crippen molar-refractivity contribution >= 4 is 28.6 Å². The first kappa shape index (κ1) is 17.5. The van der Waals surface area contributed by atoms with Gasteiger partial charge in [0.25, 0.3) is 5.91 Å². The number of aryl methyl sites for hydroxylation is 1. The summed E-state index contributed by atoms with van der Waals surface area (Å²) in [6.45, 7) is 7.52. The lowest BCUT2D eigenvalue weighted by Crippen LogP contribution is -2.44. The Labute approximate surface area is 157 Å². The first-order chi connectivity index (χ1) is 12.6. The second-order valence-electron chi connectivity index (χ2n) is 6.94. The third-order valence-electron chi connectivity index (χ3n) is 5.02. The van der Waals surface area contributed by atoms with Gasteiger partial charge in [-0.1, -0.05) is 0 Å². The predicted octanol–water partition coefficient (Wildman–Crippen LogP) is 2.53. The molecule has 0 saturated carbocycles. The number of nitrogens with one attached hydrogen (secondary N) is 1. The topological polar surface area (TPSA) is 57.7 Å². The van der Waals surface area contributed by atoms with E-state index in [0.717, 1.165) is 54.4 Å². The van der Waals surface area contributed by atoms with Gasteiger partial charge in [-0.05, 0) is 37.7 Å². The number of aromatic nitrogens is 1. The molecular formula is C19H24N4O2S. The number of amides is 1. The molecule has 2 aliphatic rings. The SMILES string of the molecule is Cc1cc(N2CCN(C)CC2)ccc1NC(=O)c1nc2c(s1)COCC2. The van der Waals surface area contributed by atoms with Crippen molar-refractivity contribution in [2.24, 2.45) is 0 Å². The van der Waals surface area contributed by atoms with Gasteiger partial charge >= 0.3 is 0 Å². The van der Waals surface area contributed by atoms with Gasteiger partial charge in [0.1, 0.15) is 0 Å². The fourth-order valence-corrected chi connectivity index (χ4v) is 4.29. The summed E-state index contributed by atoms with van der Waals surface area (Å²) in [5.41, 5.74) is 4.14. The minimum atomic E-state index is -0.139. The van der Waals surface area contributed by atoms with Crippen LogP contribution in [0, 0.1) is 6.92 Å². The first-order valence-corrected chi connectivity index (χ1v) is 9.83. The van der Waals surface area contributed by atoms with Crippen molar-refractivity contribution in [2.75, 3.05) is 50.1 Å². The van der Waals surface area contributed by atoms with E-state index in [1.165, 1.54) is 17.0 Å². The van der Waals surface area contributed by atoms with Crippen LogP contribution < -0.4 is 10.2 Å². The highest BCUT2D eigenvalue weighted by Gasteiger charge is 2.20. The molecule has 1 saturated heterocycles. The highest BCUT2D eigenvalue weighted by molar-refractivity contribution is 7.13. The summed E-state index contributed by atoms with van der Waals surface area (Å²) >= 11 is 1.43. The lowest BCUT2D eigenvalue weighted by atomic mass is 10.1. The first-order valence-electron chi connectivity index (χ1n) is 9.02. The van der Waals surface area contributed by atoms with Gasteiger partial charge < -0.3 is 19.9 Å². The van der Waals surface area contributed by atoms with Crippen LogP contribution in [0.25, 0.3) is 0 Å². The molecule has 4 rings (SSSR count). The van der Waals surface area contributed by atoms with Gasteiger partial charge in [0, 0.05) is 44.0 Å². The van der Waals surface area contributed by atoms with Crippen LogP contribution in [0.4, 0.5) is 11.4 Å². The smallest absolute Gasteiger partial charge is 0.284 e. The van der Waals surface area contributed by atoms with Crippen molar-refractivity contribution < 1.29 is 9.53 Å². The molecule has 1 aromatic heterocycles. The second-order valence-corrected chi connectivity index (χ2v) is 8.02. The summed E-state index contributed by atoms with van der Waals surface area (Å²) in [5, 5.41) is 3.53. The number of thiazole rings is 1. The van der Waals surface area contributed by atoms with E-state index in [0.29, 0.717) is 18.2 Å². The maximum Gasteiger partial charge on any atom is 0.284 e. The number of rotatable bonds is 3. The average Bonchev–Trinajstić information content (AvgIpc) is 3.08. The van der Waals surface area contributed by atoms with E-state index in [2.05, 4.69) is 39.3 Å². The number of nitrogens with zero attached hydrogens (tertiary/aromatic N) is 3. The van der Waals surface area contributed by atoms with Crippen molar-refractivity contribution in [3.8, 4) is 0 Å². The lowest BCUT2D eigenvalue weighted by molar-refractivity contribution is 0.102. The lowest BCUT2D eigenvalue weighted by Gasteiger charge is -2.34. The number of benzene rings is 1. The molecule has 0 spiro atoms. The van der Waals surface area contributed by atoms with Gasteiger partial charge in [-0.2, -0.15) is 0 Å². The standard InChI is InChI=1S/C19H24N4O2S/c1-13-11-14(23-8-6-22(2)7-9-23)3-4-15(13)20-18(24)19-21-16-5-10-25-12-17(16)26-19/h3-4,11H,5-10,12H2,1-2H3,(H,20,24). The Hall–Kier alpha value is -1.96. The van der Waals surface area contributed by atoms with E-state index in [9.17, 15) is 4.79 Å². The van der Waals surface area contributed by atoms with Crippen molar-refractivity contribution in [1.82, 2.24) is 9.88 Å². The van der Waals surface area contributed by atoms with Crippen LogP contribution in [0.2, 0.25) is 0 Å². The fourth-order valence-electron chi connectivity index (χ4n) is 3.35. The second kappa shape index (κ2) is 7.34. The monoisotopic (exact) mass is 372 g/mol. The number of fused-ring (bicyclic) bond motifs is 1. The van der Waals surface area contributed by atoms with Gasteiger partial charge in [-0.25, -0.2) is 4.98 Å². The number of ether oxygens (including phenoxy) is 1. The van der Waals surface area contributed by atoms with E-state index in [4.69, 9.17) is 4.74 Å². The molecular weight excluding hydrogens is 348 g/mol. The number of carbonyl (C=O) groups is 1. The molecule has 3 heterocycles. The molecule has 26 heavy (non-hydrogen) atoms. The molecule has 0 bridgehead atoms. The van der Waals surface area contributed by atoms with E-state index in [-0.39, 0.29) is 5.91 Å². The van der Waals surface area contributed by atoms with Crippen LogP contribution in [-0.2, 0) is 17.8 Å². The highest BCUT2D eigenvalue weighted by atomic mass is 32.1. The van der Waals surface area contributed by atoms with Gasteiger partial charge in [-0.15, -0.1) is 11.3 Å².